The Bertz CT molecular complexity index is 52.0. The quantitative estimate of drug-likeness (QED) is 0.385. The average Bonchev–Trinajstić information content (AvgIpc) is 1.69. The third-order valence-electron chi connectivity index (χ3n) is 0.533. The Kier molecular flexibility index (Phi) is 5.06. The Balaban J connectivity index is 2.78. The lowest BCUT2D eigenvalue weighted by Crippen LogP contribution is -1.79. The molecule has 0 fully saturated rings. The molecule has 0 heterocycles. The van der Waals surface area contributed by atoms with E-state index in [2.05, 4.69) is 16.7 Å². The number of rotatable bonds is 3. The largest absolute Gasteiger partial charge is 0.487 e. The Hall–Kier alpha value is -0.530. The molecule has 0 aromatic heterocycles. The summed E-state index contributed by atoms with van der Waals surface area (Å²) in [6.45, 7) is 2.95. The summed E-state index contributed by atoms with van der Waals surface area (Å²) in [6, 6.07) is 0. The van der Waals surface area contributed by atoms with Crippen molar-refractivity contribution < 1.29 is 4.74 Å². The first-order valence-corrected chi connectivity index (χ1v) is 2.43. The lowest BCUT2D eigenvalue weighted by atomic mass is 10.5. The van der Waals surface area contributed by atoms with Gasteiger partial charge in [-0.25, -0.2) is 0 Å². The minimum Gasteiger partial charge on any atom is -0.487 e. The van der Waals surface area contributed by atoms with Gasteiger partial charge in [0.1, 0.15) is 0 Å². The SMILES string of the molecule is CCCN=COC. The highest BCUT2D eigenvalue weighted by atomic mass is 16.5. The van der Waals surface area contributed by atoms with Gasteiger partial charge in [0.2, 0.25) is 0 Å². The van der Waals surface area contributed by atoms with Crippen molar-refractivity contribution >= 4 is 6.40 Å². The zero-order chi connectivity index (χ0) is 5.54. The van der Waals surface area contributed by atoms with E-state index in [1.54, 1.807) is 7.11 Å². The standard InChI is InChI=1S/C5H11NO/c1-3-4-6-5-7-2/h5H,3-4H2,1-2H3. The van der Waals surface area contributed by atoms with E-state index < -0.39 is 0 Å². The van der Waals surface area contributed by atoms with E-state index in [9.17, 15) is 0 Å². The van der Waals surface area contributed by atoms with Crippen LogP contribution in [0.1, 0.15) is 13.3 Å². The lowest BCUT2D eigenvalue weighted by Gasteiger charge is -1.83. The highest BCUT2D eigenvalue weighted by Crippen LogP contribution is 1.73. The second-order valence-corrected chi connectivity index (χ2v) is 1.25. The van der Waals surface area contributed by atoms with Crippen LogP contribution in [-0.4, -0.2) is 20.1 Å². The molecular weight excluding hydrogens is 90.1 g/mol. The fourth-order valence-corrected chi connectivity index (χ4v) is 0.256. The molecule has 0 aliphatic carbocycles. The summed E-state index contributed by atoms with van der Waals surface area (Å²) in [6.07, 6.45) is 2.54. The monoisotopic (exact) mass is 101 g/mol. The Morgan fingerprint density at radius 1 is 1.71 bits per heavy atom. The summed E-state index contributed by atoms with van der Waals surface area (Å²) in [4.78, 5) is 3.86. The molecule has 42 valence electrons. The Morgan fingerprint density at radius 3 is 2.86 bits per heavy atom. The second kappa shape index (κ2) is 5.47. The summed E-state index contributed by atoms with van der Waals surface area (Å²) in [5.74, 6) is 0. The molecule has 0 unspecified atom stereocenters. The fourth-order valence-electron chi connectivity index (χ4n) is 0.256. The van der Waals surface area contributed by atoms with E-state index in [1.165, 1.54) is 6.40 Å². The molecule has 2 heteroatoms. The van der Waals surface area contributed by atoms with Crippen LogP contribution in [0.2, 0.25) is 0 Å². The first-order valence-electron chi connectivity index (χ1n) is 2.43. The van der Waals surface area contributed by atoms with E-state index in [4.69, 9.17) is 0 Å². The number of nitrogens with zero attached hydrogens (tertiary/aromatic N) is 1. The van der Waals surface area contributed by atoms with Gasteiger partial charge in [0.05, 0.1) is 7.11 Å². The number of aliphatic imine (C=N–C) groups is 1. The van der Waals surface area contributed by atoms with Crippen LogP contribution in [0.15, 0.2) is 4.99 Å². The number of ether oxygens (including phenoxy) is 1. The van der Waals surface area contributed by atoms with Crippen LogP contribution >= 0.6 is 0 Å². The zero-order valence-electron chi connectivity index (χ0n) is 4.85. The van der Waals surface area contributed by atoms with Crippen molar-refractivity contribution in [1.82, 2.24) is 0 Å². The molecule has 2 nitrogen and oxygen atoms in total. The van der Waals surface area contributed by atoms with E-state index >= 15 is 0 Å². The molecule has 0 aromatic carbocycles. The van der Waals surface area contributed by atoms with E-state index in [0.717, 1.165) is 13.0 Å². The highest BCUT2D eigenvalue weighted by molar-refractivity contribution is 5.45. The molecule has 7 heavy (non-hydrogen) atoms. The Labute approximate surface area is 44.2 Å². The predicted octanol–water partition coefficient (Wildman–Crippen LogP) is 1.07. The Morgan fingerprint density at radius 2 is 2.43 bits per heavy atom. The number of methoxy groups -OCH3 is 1. The van der Waals surface area contributed by atoms with Gasteiger partial charge in [-0.3, -0.25) is 4.99 Å². The minimum absolute atomic E-state index is 0.869. The van der Waals surface area contributed by atoms with Crippen molar-refractivity contribution in [2.24, 2.45) is 4.99 Å². The molecule has 0 amide bonds. The molecular formula is C5H11NO. The van der Waals surface area contributed by atoms with Crippen molar-refractivity contribution in [3.8, 4) is 0 Å². The molecule has 0 saturated carbocycles. The molecule has 0 atom stereocenters. The van der Waals surface area contributed by atoms with E-state index in [-0.39, 0.29) is 0 Å². The molecule has 0 aromatic rings. The first-order chi connectivity index (χ1) is 3.41. The summed E-state index contributed by atoms with van der Waals surface area (Å²) in [7, 11) is 1.60. The highest BCUT2D eigenvalue weighted by Gasteiger charge is 1.67. The first kappa shape index (κ1) is 6.47. The van der Waals surface area contributed by atoms with Gasteiger partial charge in [-0.1, -0.05) is 6.92 Å². The van der Waals surface area contributed by atoms with E-state index in [1.807, 2.05) is 0 Å². The number of hydrogen-bond donors (Lipinski definition) is 0. The smallest absolute Gasteiger partial charge is 0.168 e. The third kappa shape index (κ3) is 5.47. The molecule has 0 saturated heterocycles. The maximum absolute atomic E-state index is 4.55. The van der Waals surface area contributed by atoms with Crippen molar-refractivity contribution in [3.63, 3.8) is 0 Å². The predicted molar refractivity (Wildman–Crippen MR) is 30.7 cm³/mol. The lowest BCUT2D eigenvalue weighted by molar-refractivity contribution is 0.420. The van der Waals surface area contributed by atoms with Crippen molar-refractivity contribution in [2.45, 2.75) is 13.3 Å². The average molecular weight is 101 g/mol. The van der Waals surface area contributed by atoms with Crippen LogP contribution in [0.4, 0.5) is 0 Å². The van der Waals surface area contributed by atoms with Gasteiger partial charge in [-0.05, 0) is 6.42 Å². The van der Waals surface area contributed by atoms with Gasteiger partial charge in [0.25, 0.3) is 0 Å². The maximum Gasteiger partial charge on any atom is 0.168 e. The van der Waals surface area contributed by atoms with Gasteiger partial charge < -0.3 is 4.74 Å². The topological polar surface area (TPSA) is 21.6 Å². The third-order valence-corrected chi connectivity index (χ3v) is 0.533. The van der Waals surface area contributed by atoms with Crippen molar-refractivity contribution in [2.75, 3.05) is 13.7 Å². The molecule has 0 rings (SSSR count). The molecule has 0 aliphatic rings. The van der Waals surface area contributed by atoms with Crippen LogP contribution < -0.4 is 0 Å². The van der Waals surface area contributed by atoms with Crippen LogP contribution in [0.3, 0.4) is 0 Å². The van der Waals surface area contributed by atoms with Gasteiger partial charge in [0, 0.05) is 6.54 Å². The molecule has 0 radical (unpaired) electrons. The molecule has 0 aliphatic heterocycles. The van der Waals surface area contributed by atoms with Gasteiger partial charge >= 0.3 is 0 Å². The van der Waals surface area contributed by atoms with Gasteiger partial charge in [-0.15, -0.1) is 0 Å². The summed E-state index contributed by atoms with van der Waals surface area (Å²) < 4.78 is 4.55. The normalized spacial score (nSPS) is 10.0. The van der Waals surface area contributed by atoms with Gasteiger partial charge in [0.15, 0.2) is 6.40 Å². The van der Waals surface area contributed by atoms with E-state index in [0.29, 0.717) is 0 Å². The zero-order valence-corrected chi connectivity index (χ0v) is 4.85. The van der Waals surface area contributed by atoms with Crippen molar-refractivity contribution in [1.29, 1.82) is 0 Å². The van der Waals surface area contributed by atoms with Gasteiger partial charge in [-0.2, -0.15) is 0 Å². The molecule has 0 bridgehead atoms. The summed E-state index contributed by atoms with van der Waals surface area (Å²) in [5.41, 5.74) is 0. The molecule has 0 N–H and O–H groups in total. The maximum atomic E-state index is 4.55. The summed E-state index contributed by atoms with van der Waals surface area (Å²) in [5, 5.41) is 0. The summed E-state index contributed by atoms with van der Waals surface area (Å²) >= 11 is 0. The molecule has 0 spiro atoms. The van der Waals surface area contributed by atoms with Crippen LogP contribution in [0.5, 0.6) is 0 Å². The number of hydrogen-bond acceptors (Lipinski definition) is 2. The van der Waals surface area contributed by atoms with Crippen molar-refractivity contribution in [3.05, 3.63) is 0 Å². The fraction of sp³-hybridized carbons (Fsp3) is 0.800. The second-order valence-electron chi connectivity index (χ2n) is 1.25. The van der Waals surface area contributed by atoms with Crippen LogP contribution in [0, 0.1) is 0 Å². The van der Waals surface area contributed by atoms with Crippen LogP contribution in [0.25, 0.3) is 0 Å². The minimum atomic E-state index is 0.869. The van der Waals surface area contributed by atoms with Crippen LogP contribution in [-0.2, 0) is 4.74 Å².